The molecule has 80 valence electrons. The van der Waals surface area contributed by atoms with E-state index in [1.165, 1.54) is 0 Å². The van der Waals surface area contributed by atoms with E-state index in [0.29, 0.717) is 12.2 Å². The molecule has 1 heterocycles. The first kappa shape index (κ1) is 10.0. The van der Waals surface area contributed by atoms with E-state index in [0.717, 1.165) is 11.1 Å². The maximum absolute atomic E-state index is 12.1. The van der Waals surface area contributed by atoms with Gasteiger partial charge in [-0.2, -0.15) is 0 Å². The summed E-state index contributed by atoms with van der Waals surface area (Å²) in [6.07, 6.45) is 0. The number of nitrogen functional groups attached to an aromatic ring is 1. The molecule has 0 spiro atoms. The van der Waals surface area contributed by atoms with Crippen molar-refractivity contribution in [1.82, 2.24) is 4.90 Å². The predicted molar refractivity (Wildman–Crippen MR) is 60.5 cm³/mol. The van der Waals surface area contributed by atoms with Gasteiger partial charge in [-0.25, -0.2) is 0 Å². The fourth-order valence-corrected chi connectivity index (χ4v) is 1.86. The lowest BCUT2D eigenvalue weighted by molar-refractivity contribution is 0.0609. The number of benzene rings is 1. The predicted octanol–water partition coefficient (Wildman–Crippen LogP) is 2.02. The van der Waals surface area contributed by atoms with E-state index < -0.39 is 0 Å². The lowest BCUT2D eigenvalue weighted by Crippen LogP contribution is -2.41. The Labute approximate surface area is 89.9 Å². The Kier molecular flexibility index (Phi) is 2.00. The molecular formula is C12H16N2O. The molecule has 3 heteroatoms. The minimum Gasteiger partial charge on any atom is -0.399 e. The largest absolute Gasteiger partial charge is 0.399 e. The number of nitrogens with zero attached hydrogens (tertiary/aromatic N) is 1. The Bertz CT molecular complexity index is 418. The first-order valence-electron chi connectivity index (χ1n) is 5.10. The average molecular weight is 204 g/mol. The van der Waals surface area contributed by atoms with Gasteiger partial charge >= 0.3 is 0 Å². The van der Waals surface area contributed by atoms with Crippen molar-refractivity contribution in [2.45, 2.75) is 32.9 Å². The molecule has 15 heavy (non-hydrogen) atoms. The summed E-state index contributed by atoms with van der Waals surface area (Å²) in [5.74, 6) is 0.0878. The summed E-state index contributed by atoms with van der Waals surface area (Å²) >= 11 is 0. The van der Waals surface area contributed by atoms with Crippen LogP contribution in [0.4, 0.5) is 5.69 Å². The van der Waals surface area contributed by atoms with Crippen molar-refractivity contribution in [2.24, 2.45) is 0 Å². The Morgan fingerprint density at radius 2 is 2.00 bits per heavy atom. The molecule has 0 saturated carbocycles. The molecular weight excluding hydrogens is 188 g/mol. The minimum absolute atomic E-state index is 0.0878. The normalized spacial score (nSPS) is 15.7. The highest BCUT2D eigenvalue weighted by Crippen LogP contribution is 2.29. The number of carbonyl (C=O) groups excluding carboxylic acids is 1. The van der Waals surface area contributed by atoms with E-state index in [9.17, 15) is 4.79 Å². The van der Waals surface area contributed by atoms with Gasteiger partial charge in [-0.05, 0) is 38.5 Å². The van der Waals surface area contributed by atoms with E-state index in [-0.39, 0.29) is 11.4 Å². The van der Waals surface area contributed by atoms with E-state index in [2.05, 4.69) is 0 Å². The van der Waals surface area contributed by atoms with Gasteiger partial charge in [0.25, 0.3) is 5.91 Å². The van der Waals surface area contributed by atoms with Gasteiger partial charge in [-0.3, -0.25) is 4.79 Å². The van der Waals surface area contributed by atoms with E-state index in [1.54, 1.807) is 6.07 Å². The number of hydrogen-bond donors (Lipinski definition) is 1. The van der Waals surface area contributed by atoms with Gasteiger partial charge in [-0.1, -0.05) is 6.07 Å². The SMILES string of the molecule is CC(C)(C)N1Cc2ccc(N)cc2C1=O. The minimum atomic E-state index is -0.134. The van der Waals surface area contributed by atoms with Crippen molar-refractivity contribution >= 4 is 11.6 Å². The number of amides is 1. The molecule has 1 aliphatic heterocycles. The molecule has 2 rings (SSSR count). The second-order valence-corrected chi connectivity index (χ2v) is 4.98. The van der Waals surface area contributed by atoms with Gasteiger partial charge in [0, 0.05) is 23.3 Å². The standard InChI is InChI=1S/C12H16N2O/c1-12(2,3)14-7-8-4-5-9(13)6-10(8)11(14)15/h4-6H,7,13H2,1-3H3. The van der Waals surface area contributed by atoms with Crippen LogP contribution < -0.4 is 5.73 Å². The number of anilines is 1. The van der Waals surface area contributed by atoms with Crippen LogP contribution in [0.15, 0.2) is 18.2 Å². The first-order chi connectivity index (χ1) is 6.89. The van der Waals surface area contributed by atoms with Crippen LogP contribution in [-0.4, -0.2) is 16.3 Å². The number of nitrogens with two attached hydrogens (primary N) is 1. The van der Waals surface area contributed by atoms with Gasteiger partial charge in [0.15, 0.2) is 0 Å². The van der Waals surface area contributed by atoms with E-state index in [4.69, 9.17) is 5.73 Å². The summed E-state index contributed by atoms with van der Waals surface area (Å²) in [6, 6.07) is 5.55. The Balaban J connectivity index is 2.42. The molecule has 3 nitrogen and oxygen atoms in total. The summed E-state index contributed by atoms with van der Waals surface area (Å²) < 4.78 is 0. The first-order valence-corrected chi connectivity index (χ1v) is 5.10. The number of fused-ring (bicyclic) bond motifs is 1. The molecule has 1 aromatic rings. The number of hydrogen-bond acceptors (Lipinski definition) is 2. The molecule has 0 fully saturated rings. The zero-order valence-corrected chi connectivity index (χ0v) is 9.37. The van der Waals surface area contributed by atoms with Crippen LogP contribution in [0.1, 0.15) is 36.7 Å². The Hall–Kier alpha value is -1.51. The van der Waals surface area contributed by atoms with Crippen LogP contribution in [0, 0.1) is 0 Å². The Morgan fingerprint density at radius 1 is 1.33 bits per heavy atom. The van der Waals surface area contributed by atoms with Crippen molar-refractivity contribution in [1.29, 1.82) is 0 Å². The third kappa shape index (κ3) is 1.58. The lowest BCUT2D eigenvalue weighted by atomic mass is 10.1. The van der Waals surface area contributed by atoms with Crippen LogP contribution in [0.3, 0.4) is 0 Å². The van der Waals surface area contributed by atoms with Gasteiger partial charge in [0.05, 0.1) is 0 Å². The van der Waals surface area contributed by atoms with E-state index in [1.807, 2.05) is 37.8 Å². The summed E-state index contributed by atoms with van der Waals surface area (Å²) in [4.78, 5) is 13.9. The van der Waals surface area contributed by atoms with Crippen LogP contribution in [0.2, 0.25) is 0 Å². The van der Waals surface area contributed by atoms with Crippen molar-refractivity contribution in [3.8, 4) is 0 Å². The van der Waals surface area contributed by atoms with Crippen LogP contribution in [0.5, 0.6) is 0 Å². The fourth-order valence-electron chi connectivity index (χ4n) is 1.86. The van der Waals surface area contributed by atoms with Gasteiger partial charge in [0.2, 0.25) is 0 Å². The molecule has 1 aliphatic rings. The molecule has 0 unspecified atom stereocenters. The fraction of sp³-hybridized carbons (Fsp3) is 0.417. The highest BCUT2D eigenvalue weighted by molar-refractivity contribution is 5.99. The van der Waals surface area contributed by atoms with Gasteiger partial charge < -0.3 is 10.6 Å². The molecule has 0 radical (unpaired) electrons. The monoisotopic (exact) mass is 204 g/mol. The molecule has 1 amide bonds. The van der Waals surface area contributed by atoms with Crippen molar-refractivity contribution < 1.29 is 4.79 Å². The molecule has 0 aliphatic carbocycles. The number of carbonyl (C=O) groups is 1. The maximum Gasteiger partial charge on any atom is 0.255 e. The number of rotatable bonds is 0. The summed E-state index contributed by atoms with van der Waals surface area (Å²) in [7, 11) is 0. The van der Waals surface area contributed by atoms with Crippen molar-refractivity contribution in [2.75, 3.05) is 5.73 Å². The quantitative estimate of drug-likeness (QED) is 0.657. The second kappa shape index (κ2) is 2.99. The highest BCUT2D eigenvalue weighted by atomic mass is 16.2. The highest BCUT2D eigenvalue weighted by Gasteiger charge is 2.34. The van der Waals surface area contributed by atoms with Crippen molar-refractivity contribution in [3.63, 3.8) is 0 Å². The Morgan fingerprint density at radius 3 is 2.60 bits per heavy atom. The van der Waals surface area contributed by atoms with Crippen molar-refractivity contribution in [3.05, 3.63) is 29.3 Å². The molecule has 0 aromatic heterocycles. The molecule has 2 N–H and O–H groups in total. The summed E-state index contributed by atoms with van der Waals surface area (Å²) in [5.41, 5.74) is 8.02. The van der Waals surface area contributed by atoms with E-state index >= 15 is 0 Å². The molecule has 1 aromatic carbocycles. The summed E-state index contributed by atoms with van der Waals surface area (Å²) in [6.45, 7) is 6.82. The lowest BCUT2D eigenvalue weighted by Gasteiger charge is -2.31. The molecule has 0 saturated heterocycles. The van der Waals surface area contributed by atoms with Crippen LogP contribution in [-0.2, 0) is 6.54 Å². The smallest absolute Gasteiger partial charge is 0.255 e. The van der Waals surface area contributed by atoms with Gasteiger partial charge in [-0.15, -0.1) is 0 Å². The maximum atomic E-state index is 12.1. The zero-order valence-electron chi connectivity index (χ0n) is 9.37. The molecule has 0 atom stereocenters. The average Bonchev–Trinajstić information content (AvgIpc) is 2.43. The third-order valence-corrected chi connectivity index (χ3v) is 2.75. The van der Waals surface area contributed by atoms with Crippen LogP contribution in [0.25, 0.3) is 0 Å². The second-order valence-electron chi connectivity index (χ2n) is 4.98. The summed E-state index contributed by atoms with van der Waals surface area (Å²) in [5, 5.41) is 0. The zero-order chi connectivity index (χ0) is 11.2. The van der Waals surface area contributed by atoms with Gasteiger partial charge in [0.1, 0.15) is 0 Å². The molecule has 0 bridgehead atoms. The third-order valence-electron chi connectivity index (χ3n) is 2.75. The van der Waals surface area contributed by atoms with Crippen LogP contribution >= 0.6 is 0 Å². The topological polar surface area (TPSA) is 46.3 Å².